The normalized spacial score (nSPS) is 22.6. The first-order chi connectivity index (χ1) is 14.2. The van der Waals surface area contributed by atoms with Gasteiger partial charge >= 0.3 is 0 Å². The van der Waals surface area contributed by atoms with E-state index in [4.69, 9.17) is 5.73 Å². The van der Waals surface area contributed by atoms with Crippen molar-refractivity contribution in [3.05, 3.63) is 71.3 Å². The minimum atomic E-state index is -0.492. The number of carbonyl (C=O) groups is 2. The molecule has 1 aliphatic heterocycles. The number of rotatable bonds is 5. The van der Waals surface area contributed by atoms with Crippen LogP contribution in [0.3, 0.4) is 0 Å². The second-order valence-corrected chi connectivity index (χ2v) is 9.33. The van der Waals surface area contributed by atoms with Crippen molar-refractivity contribution in [2.45, 2.75) is 64.1 Å². The van der Waals surface area contributed by atoms with Gasteiger partial charge in [-0.05, 0) is 63.1 Å². The minimum absolute atomic E-state index is 0.0614. The zero-order valence-corrected chi connectivity index (χ0v) is 18.4. The van der Waals surface area contributed by atoms with Crippen LogP contribution < -0.4 is 11.1 Å². The molecule has 3 rings (SSSR count). The van der Waals surface area contributed by atoms with E-state index < -0.39 is 5.91 Å². The molecule has 2 amide bonds. The second kappa shape index (κ2) is 9.00. The van der Waals surface area contributed by atoms with Crippen LogP contribution in [0.15, 0.2) is 54.6 Å². The lowest BCUT2D eigenvalue weighted by Gasteiger charge is -2.33. The van der Waals surface area contributed by atoms with Crippen LogP contribution in [0.1, 0.15) is 62.3 Å². The first kappa shape index (κ1) is 22.0. The number of carbonyl (C=O) groups excluding carboxylic acids is 2. The molecule has 1 heterocycles. The summed E-state index contributed by atoms with van der Waals surface area (Å²) in [5.41, 5.74) is 8.84. The third kappa shape index (κ3) is 5.28. The van der Waals surface area contributed by atoms with Crippen LogP contribution >= 0.6 is 0 Å². The Kier molecular flexibility index (Phi) is 6.61. The smallest absolute Gasteiger partial charge is 0.240 e. The summed E-state index contributed by atoms with van der Waals surface area (Å²) in [5, 5.41) is 3.50. The summed E-state index contributed by atoms with van der Waals surface area (Å²) in [4.78, 5) is 27.2. The van der Waals surface area contributed by atoms with Crippen molar-refractivity contribution in [1.82, 2.24) is 10.2 Å². The van der Waals surface area contributed by atoms with Gasteiger partial charge in [-0.3, -0.25) is 9.59 Å². The van der Waals surface area contributed by atoms with E-state index in [1.54, 1.807) is 4.90 Å². The zero-order valence-electron chi connectivity index (χ0n) is 18.4. The van der Waals surface area contributed by atoms with Crippen molar-refractivity contribution >= 4 is 11.8 Å². The van der Waals surface area contributed by atoms with Gasteiger partial charge in [-0.25, -0.2) is 0 Å². The lowest BCUT2D eigenvalue weighted by atomic mass is 9.84. The zero-order chi connectivity index (χ0) is 21.9. The molecule has 1 saturated heterocycles. The Balaban J connectivity index is 2.09. The van der Waals surface area contributed by atoms with Gasteiger partial charge in [0.1, 0.15) is 0 Å². The molecule has 3 N–H and O–H groups in total. The number of nitrogens with zero attached hydrogens (tertiary/aromatic N) is 1. The molecule has 5 nitrogen and oxygen atoms in total. The Morgan fingerprint density at radius 1 is 1.07 bits per heavy atom. The van der Waals surface area contributed by atoms with Gasteiger partial charge in [0, 0.05) is 5.54 Å². The van der Waals surface area contributed by atoms with Gasteiger partial charge in [0.15, 0.2) is 0 Å². The van der Waals surface area contributed by atoms with Crippen LogP contribution in [0.25, 0.3) is 0 Å². The van der Waals surface area contributed by atoms with Crippen LogP contribution in [0.4, 0.5) is 0 Å². The van der Waals surface area contributed by atoms with Gasteiger partial charge < -0.3 is 16.0 Å². The highest BCUT2D eigenvalue weighted by molar-refractivity contribution is 5.87. The largest absolute Gasteiger partial charge is 0.368 e. The number of nitrogens with two attached hydrogens (primary N) is 1. The third-order valence-corrected chi connectivity index (χ3v) is 5.73. The average Bonchev–Trinajstić information content (AvgIpc) is 2.80. The standard InChI is InChI=1S/C25H33N3O2/c1-17-10-8-9-13-20(17)19-14-21(27-25(2,3)4)24(30)28(16-23(26)29)22(15-19)18-11-6-5-7-12-18/h5-13,19,21-22,27H,14-16H2,1-4H3,(H2,26,29). The Labute approximate surface area is 179 Å². The summed E-state index contributed by atoms with van der Waals surface area (Å²) in [5.74, 6) is -0.375. The fraction of sp³-hybridized carbons (Fsp3) is 0.440. The van der Waals surface area contributed by atoms with E-state index in [-0.39, 0.29) is 36.0 Å². The van der Waals surface area contributed by atoms with Gasteiger partial charge in [0.2, 0.25) is 11.8 Å². The predicted molar refractivity (Wildman–Crippen MR) is 120 cm³/mol. The Morgan fingerprint density at radius 2 is 1.70 bits per heavy atom. The molecular weight excluding hydrogens is 374 g/mol. The maximum atomic E-state index is 13.7. The molecule has 2 aromatic carbocycles. The number of nitrogens with one attached hydrogen (secondary N) is 1. The molecule has 0 saturated carbocycles. The summed E-state index contributed by atoms with van der Waals surface area (Å²) in [6.07, 6.45) is 1.43. The number of primary amides is 1. The number of hydrogen-bond acceptors (Lipinski definition) is 3. The summed E-state index contributed by atoms with van der Waals surface area (Å²) < 4.78 is 0. The van der Waals surface area contributed by atoms with Crippen LogP contribution in [-0.2, 0) is 9.59 Å². The number of benzene rings is 2. The first-order valence-electron chi connectivity index (χ1n) is 10.6. The number of amides is 2. The minimum Gasteiger partial charge on any atom is -0.368 e. The molecule has 0 aliphatic carbocycles. The van der Waals surface area contributed by atoms with Crippen LogP contribution in [0.2, 0.25) is 0 Å². The molecule has 3 unspecified atom stereocenters. The molecule has 5 heteroatoms. The molecule has 0 aromatic heterocycles. The van der Waals surface area contributed by atoms with Crippen molar-refractivity contribution in [2.24, 2.45) is 5.73 Å². The van der Waals surface area contributed by atoms with Gasteiger partial charge in [-0.1, -0.05) is 54.6 Å². The molecule has 0 bridgehead atoms. The number of aryl methyl sites for hydroxylation is 1. The fourth-order valence-electron chi connectivity index (χ4n) is 4.52. The summed E-state index contributed by atoms with van der Waals surface area (Å²) >= 11 is 0. The van der Waals surface area contributed by atoms with E-state index >= 15 is 0 Å². The monoisotopic (exact) mass is 407 g/mol. The van der Waals surface area contributed by atoms with Gasteiger partial charge in [-0.15, -0.1) is 0 Å². The quantitative estimate of drug-likeness (QED) is 0.794. The summed E-state index contributed by atoms with van der Waals surface area (Å²) in [7, 11) is 0. The van der Waals surface area contributed by atoms with Gasteiger partial charge in [-0.2, -0.15) is 0 Å². The number of likely N-dealkylation sites (tertiary alicyclic amines) is 1. The van der Waals surface area contributed by atoms with E-state index in [0.717, 1.165) is 12.0 Å². The molecule has 2 aromatic rings. The van der Waals surface area contributed by atoms with Crippen molar-refractivity contribution in [1.29, 1.82) is 0 Å². The van der Waals surface area contributed by atoms with Crippen molar-refractivity contribution in [2.75, 3.05) is 6.54 Å². The maximum Gasteiger partial charge on any atom is 0.240 e. The van der Waals surface area contributed by atoms with Crippen LogP contribution in [0.5, 0.6) is 0 Å². The Hall–Kier alpha value is -2.66. The SMILES string of the molecule is Cc1ccccc1C1CC(NC(C)(C)C)C(=O)N(CC(N)=O)C(c2ccccc2)C1. The van der Waals surface area contributed by atoms with E-state index in [0.29, 0.717) is 6.42 Å². The van der Waals surface area contributed by atoms with Crippen molar-refractivity contribution < 1.29 is 9.59 Å². The summed E-state index contributed by atoms with van der Waals surface area (Å²) in [6, 6.07) is 17.7. The molecule has 0 radical (unpaired) electrons. The first-order valence-corrected chi connectivity index (χ1v) is 10.6. The van der Waals surface area contributed by atoms with E-state index in [2.05, 4.69) is 51.2 Å². The van der Waals surface area contributed by atoms with Gasteiger partial charge in [0.25, 0.3) is 0 Å². The van der Waals surface area contributed by atoms with Crippen LogP contribution in [0, 0.1) is 6.92 Å². The Morgan fingerprint density at radius 3 is 2.30 bits per heavy atom. The lowest BCUT2D eigenvalue weighted by molar-refractivity contribution is -0.139. The third-order valence-electron chi connectivity index (χ3n) is 5.73. The molecule has 3 atom stereocenters. The summed E-state index contributed by atoms with van der Waals surface area (Å²) in [6.45, 7) is 8.21. The topological polar surface area (TPSA) is 75.4 Å². The molecule has 1 fully saturated rings. The van der Waals surface area contributed by atoms with Gasteiger partial charge in [0.05, 0.1) is 18.6 Å². The molecule has 30 heavy (non-hydrogen) atoms. The predicted octanol–water partition coefficient (Wildman–Crippen LogP) is 3.68. The molecule has 160 valence electrons. The second-order valence-electron chi connectivity index (χ2n) is 9.33. The molecule has 0 spiro atoms. The average molecular weight is 408 g/mol. The molecule has 1 aliphatic rings. The fourth-order valence-corrected chi connectivity index (χ4v) is 4.52. The highest BCUT2D eigenvalue weighted by Crippen LogP contribution is 2.40. The maximum absolute atomic E-state index is 13.7. The molecular formula is C25H33N3O2. The number of hydrogen-bond donors (Lipinski definition) is 2. The van der Waals surface area contributed by atoms with Crippen LogP contribution in [-0.4, -0.2) is 34.8 Å². The highest BCUT2D eigenvalue weighted by Gasteiger charge is 2.40. The highest BCUT2D eigenvalue weighted by atomic mass is 16.2. The lowest BCUT2D eigenvalue weighted by Crippen LogP contribution is -2.53. The Bertz CT molecular complexity index is 889. The van der Waals surface area contributed by atoms with Crippen molar-refractivity contribution in [3.8, 4) is 0 Å². The van der Waals surface area contributed by atoms with E-state index in [1.807, 2.05) is 36.4 Å². The van der Waals surface area contributed by atoms with E-state index in [9.17, 15) is 9.59 Å². The van der Waals surface area contributed by atoms with E-state index in [1.165, 1.54) is 11.1 Å². The van der Waals surface area contributed by atoms with Crippen molar-refractivity contribution in [3.63, 3.8) is 0 Å².